The minimum absolute atomic E-state index is 0.0691. The predicted octanol–water partition coefficient (Wildman–Crippen LogP) is 1.19. The zero-order valence-electron chi connectivity index (χ0n) is 12.1. The lowest BCUT2D eigenvalue weighted by Crippen LogP contribution is -2.29. The van der Waals surface area contributed by atoms with Crippen LogP contribution in [-0.2, 0) is 18.3 Å². The number of nitrogens with one attached hydrogen (secondary N) is 1. The zero-order valence-corrected chi connectivity index (χ0v) is 12.1. The van der Waals surface area contributed by atoms with Gasteiger partial charge in [-0.05, 0) is 31.2 Å². The lowest BCUT2D eigenvalue weighted by Gasteiger charge is -2.14. The Hall–Kier alpha value is -1.36. The second-order valence-electron chi connectivity index (χ2n) is 4.97. The average molecular weight is 267 g/mol. The van der Waals surface area contributed by atoms with Gasteiger partial charge in [-0.3, -0.25) is 9.48 Å². The zero-order chi connectivity index (χ0) is 14.3. The summed E-state index contributed by atoms with van der Waals surface area (Å²) < 4.78 is 1.82. The maximum absolute atomic E-state index is 11.8. The molecule has 1 atom stereocenters. The van der Waals surface area contributed by atoms with Gasteiger partial charge in [0.05, 0.1) is 6.20 Å². The van der Waals surface area contributed by atoms with Gasteiger partial charge in [0.25, 0.3) is 0 Å². The number of aromatic nitrogens is 2. The Morgan fingerprint density at radius 1 is 1.58 bits per heavy atom. The van der Waals surface area contributed by atoms with Gasteiger partial charge in [0.1, 0.15) is 0 Å². The molecule has 0 spiro atoms. The Balaban J connectivity index is 2.30. The quantitative estimate of drug-likeness (QED) is 0.743. The summed E-state index contributed by atoms with van der Waals surface area (Å²) in [5.74, 6) is 0.439. The fourth-order valence-corrected chi connectivity index (χ4v) is 2.02. The molecule has 1 heterocycles. The fraction of sp³-hybridized carbons (Fsp3) is 0.714. The number of hydrogen-bond acceptors (Lipinski definition) is 3. The molecule has 0 aromatic carbocycles. The van der Waals surface area contributed by atoms with E-state index in [4.69, 9.17) is 5.11 Å². The molecule has 1 aromatic heterocycles. The first kappa shape index (κ1) is 15.7. The molecule has 1 rings (SSSR count). The van der Waals surface area contributed by atoms with Crippen LogP contribution in [0.15, 0.2) is 6.20 Å². The molecule has 0 fully saturated rings. The minimum atomic E-state index is 0.0691. The molecule has 0 aliphatic carbocycles. The van der Waals surface area contributed by atoms with Crippen molar-refractivity contribution in [1.82, 2.24) is 15.1 Å². The largest absolute Gasteiger partial charge is 0.396 e. The van der Waals surface area contributed by atoms with E-state index in [1.807, 2.05) is 24.9 Å². The summed E-state index contributed by atoms with van der Waals surface area (Å²) in [5.41, 5.74) is 2.24. The Bertz CT molecular complexity index is 401. The summed E-state index contributed by atoms with van der Waals surface area (Å²) in [6, 6.07) is 0. The van der Waals surface area contributed by atoms with Crippen molar-refractivity contribution in [2.24, 2.45) is 13.0 Å². The van der Waals surface area contributed by atoms with Crippen molar-refractivity contribution in [3.8, 4) is 0 Å². The third-order valence-electron chi connectivity index (χ3n) is 3.66. The predicted molar refractivity (Wildman–Crippen MR) is 74.8 cm³/mol. The number of aryl methyl sites for hydroxylation is 2. The number of carbonyl (C=O) groups is 1. The van der Waals surface area contributed by atoms with E-state index in [0.717, 1.165) is 30.5 Å². The van der Waals surface area contributed by atoms with Crippen LogP contribution in [0.1, 0.15) is 37.4 Å². The third kappa shape index (κ3) is 5.03. The van der Waals surface area contributed by atoms with Crippen LogP contribution in [0.5, 0.6) is 0 Å². The van der Waals surface area contributed by atoms with Gasteiger partial charge in [-0.15, -0.1) is 0 Å². The summed E-state index contributed by atoms with van der Waals surface area (Å²) in [5, 5.41) is 16.0. The average Bonchev–Trinajstić information content (AvgIpc) is 2.72. The van der Waals surface area contributed by atoms with Crippen molar-refractivity contribution in [3.63, 3.8) is 0 Å². The molecule has 0 aliphatic heterocycles. The molecule has 108 valence electrons. The van der Waals surface area contributed by atoms with Gasteiger partial charge in [-0.1, -0.05) is 13.3 Å². The topological polar surface area (TPSA) is 67.2 Å². The highest BCUT2D eigenvalue weighted by Gasteiger charge is 2.10. The van der Waals surface area contributed by atoms with E-state index in [0.29, 0.717) is 18.9 Å². The molecular weight excluding hydrogens is 242 g/mol. The number of hydrogen-bond donors (Lipinski definition) is 2. The maximum Gasteiger partial charge on any atom is 0.220 e. The van der Waals surface area contributed by atoms with Crippen LogP contribution in [0, 0.1) is 12.8 Å². The van der Waals surface area contributed by atoms with E-state index < -0.39 is 0 Å². The molecule has 19 heavy (non-hydrogen) atoms. The highest BCUT2D eigenvalue weighted by atomic mass is 16.3. The standard InChI is InChI=1S/C14H25N3O2/c1-4-12(7-8-18)9-15-14(19)6-5-13-10-16-17(3)11(13)2/h10,12,18H,4-9H2,1-3H3,(H,15,19). The monoisotopic (exact) mass is 267 g/mol. The number of rotatable bonds is 8. The van der Waals surface area contributed by atoms with Crippen molar-refractivity contribution in [1.29, 1.82) is 0 Å². The molecule has 0 aliphatic rings. The molecule has 1 amide bonds. The first-order chi connectivity index (χ1) is 9.08. The summed E-state index contributed by atoms with van der Waals surface area (Å²) in [6.07, 6.45) is 4.76. The molecule has 2 N–H and O–H groups in total. The first-order valence-corrected chi connectivity index (χ1v) is 6.93. The van der Waals surface area contributed by atoms with Crippen LogP contribution >= 0.6 is 0 Å². The van der Waals surface area contributed by atoms with Crippen molar-refractivity contribution in [3.05, 3.63) is 17.5 Å². The van der Waals surface area contributed by atoms with Crippen molar-refractivity contribution in [2.45, 2.75) is 39.5 Å². The molecule has 5 heteroatoms. The highest BCUT2D eigenvalue weighted by Crippen LogP contribution is 2.09. The van der Waals surface area contributed by atoms with Gasteiger partial charge >= 0.3 is 0 Å². The molecule has 1 aromatic rings. The van der Waals surface area contributed by atoms with Crippen molar-refractivity contribution >= 4 is 5.91 Å². The van der Waals surface area contributed by atoms with E-state index in [1.54, 1.807) is 0 Å². The van der Waals surface area contributed by atoms with Gasteiger partial charge in [-0.2, -0.15) is 5.10 Å². The second kappa shape index (κ2) is 7.94. The van der Waals surface area contributed by atoms with Crippen LogP contribution < -0.4 is 5.32 Å². The van der Waals surface area contributed by atoms with Crippen molar-refractivity contribution in [2.75, 3.05) is 13.2 Å². The number of amides is 1. The van der Waals surface area contributed by atoms with Crippen LogP contribution in [0.2, 0.25) is 0 Å². The summed E-state index contributed by atoms with van der Waals surface area (Å²) in [4.78, 5) is 11.8. The van der Waals surface area contributed by atoms with Crippen LogP contribution in [0.25, 0.3) is 0 Å². The van der Waals surface area contributed by atoms with Crippen molar-refractivity contribution < 1.29 is 9.90 Å². The Labute approximate surface area is 115 Å². The summed E-state index contributed by atoms with van der Waals surface area (Å²) in [7, 11) is 1.90. The van der Waals surface area contributed by atoms with E-state index in [9.17, 15) is 4.79 Å². The summed E-state index contributed by atoms with van der Waals surface area (Å²) >= 11 is 0. The minimum Gasteiger partial charge on any atom is -0.396 e. The fourth-order valence-electron chi connectivity index (χ4n) is 2.02. The molecule has 0 bridgehead atoms. The number of nitrogens with zero attached hydrogens (tertiary/aromatic N) is 2. The molecule has 5 nitrogen and oxygen atoms in total. The maximum atomic E-state index is 11.8. The number of aliphatic hydroxyl groups is 1. The molecule has 0 radical (unpaired) electrons. The second-order valence-corrected chi connectivity index (χ2v) is 4.97. The van der Waals surface area contributed by atoms with Crippen LogP contribution in [0.4, 0.5) is 0 Å². The van der Waals surface area contributed by atoms with E-state index in [2.05, 4.69) is 17.3 Å². The van der Waals surface area contributed by atoms with Gasteiger partial charge in [0.2, 0.25) is 5.91 Å². The lowest BCUT2D eigenvalue weighted by atomic mass is 10.0. The van der Waals surface area contributed by atoms with E-state index in [1.165, 1.54) is 0 Å². The Kier molecular flexibility index (Phi) is 6.56. The normalized spacial score (nSPS) is 12.4. The van der Waals surface area contributed by atoms with E-state index >= 15 is 0 Å². The first-order valence-electron chi connectivity index (χ1n) is 6.93. The van der Waals surface area contributed by atoms with E-state index in [-0.39, 0.29) is 12.5 Å². The van der Waals surface area contributed by atoms with Gasteiger partial charge < -0.3 is 10.4 Å². The molecule has 0 saturated heterocycles. The highest BCUT2D eigenvalue weighted by molar-refractivity contribution is 5.76. The molecular formula is C14H25N3O2. The number of carbonyl (C=O) groups excluding carboxylic acids is 1. The number of aliphatic hydroxyl groups excluding tert-OH is 1. The Morgan fingerprint density at radius 3 is 2.84 bits per heavy atom. The SMILES string of the molecule is CCC(CCO)CNC(=O)CCc1cnn(C)c1C. The Morgan fingerprint density at radius 2 is 2.32 bits per heavy atom. The molecule has 1 unspecified atom stereocenters. The lowest BCUT2D eigenvalue weighted by molar-refractivity contribution is -0.121. The third-order valence-corrected chi connectivity index (χ3v) is 3.66. The van der Waals surface area contributed by atoms with Gasteiger partial charge in [0, 0.05) is 32.3 Å². The van der Waals surface area contributed by atoms with Gasteiger partial charge in [-0.25, -0.2) is 0 Å². The summed E-state index contributed by atoms with van der Waals surface area (Å²) in [6.45, 7) is 4.92. The van der Waals surface area contributed by atoms with Gasteiger partial charge in [0.15, 0.2) is 0 Å². The van der Waals surface area contributed by atoms with Crippen LogP contribution in [-0.4, -0.2) is 33.9 Å². The smallest absolute Gasteiger partial charge is 0.220 e. The van der Waals surface area contributed by atoms with Crippen LogP contribution in [0.3, 0.4) is 0 Å². The molecule has 0 saturated carbocycles.